The van der Waals surface area contributed by atoms with E-state index in [0.717, 1.165) is 0 Å². The minimum absolute atomic E-state index is 0.148. The Morgan fingerprint density at radius 2 is 1.81 bits per heavy atom. The minimum Gasteiger partial charge on any atom is -0.342 e. The second kappa shape index (κ2) is 5.07. The molecule has 1 saturated heterocycles. The maximum absolute atomic E-state index is 12.8. The van der Waals surface area contributed by atoms with Crippen molar-refractivity contribution in [2.45, 2.75) is 41.6 Å². The first-order valence-electron chi connectivity index (χ1n) is 6.32. The molecular weight excluding hydrogens is 308 g/mol. The van der Waals surface area contributed by atoms with Gasteiger partial charge in [0, 0.05) is 11.4 Å². The van der Waals surface area contributed by atoms with Crippen LogP contribution in [0.1, 0.15) is 20.3 Å². The third kappa shape index (κ3) is 2.68. The highest BCUT2D eigenvalue weighted by Gasteiger charge is 2.55. The number of halogens is 1. The fraction of sp³-hybridized carbons (Fsp3) is 0.375. The molecule has 0 aliphatic carbocycles. The van der Waals surface area contributed by atoms with Gasteiger partial charge in [-0.15, -0.1) is 12.8 Å². The van der Waals surface area contributed by atoms with Crippen molar-refractivity contribution in [2.75, 3.05) is 0 Å². The van der Waals surface area contributed by atoms with E-state index in [1.54, 1.807) is 13.8 Å². The van der Waals surface area contributed by atoms with Crippen molar-refractivity contribution in [3.8, 4) is 24.7 Å². The van der Waals surface area contributed by atoms with Crippen LogP contribution < -0.4 is 0 Å². The van der Waals surface area contributed by atoms with Crippen molar-refractivity contribution in [3.05, 3.63) is 29.3 Å². The molecule has 1 aromatic rings. The standard InChI is InChI=1S/C16H15ClO3S/c1-5-15(3)11-14(16(4,6-2)20-15)21(18,19)13-9-7-12(17)8-10-13/h1-2,7-10,14H,11H2,3-4H3/t14-,15+,16-/m1/s1. The lowest BCUT2D eigenvalue weighted by Gasteiger charge is -2.25. The predicted octanol–water partition coefficient (Wildman–Crippen LogP) is 2.69. The second-order valence-electron chi connectivity index (χ2n) is 5.42. The summed E-state index contributed by atoms with van der Waals surface area (Å²) in [6, 6.07) is 5.97. The average molecular weight is 323 g/mol. The molecule has 0 spiro atoms. The van der Waals surface area contributed by atoms with E-state index >= 15 is 0 Å². The molecule has 5 heteroatoms. The molecule has 0 bridgehead atoms. The third-order valence-corrected chi connectivity index (χ3v) is 6.28. The van der Waals surface area contributed by atoms with E-state index in [1.807, 2.05) is 0 Å². The summed E-state index contributed by atoms with van der Waals surface area (Å²) < 4.78 is 31.4. The first-order valence-corrected chi connectivity index (χ1v) is 8.24. The summed E-state index contributed by atoms with van der Waals surface area (Å²) in [4.78, 5) is 0.156. The summed E-state index contributed by atoms with van der Waals surface area (Å²) >= 11 is 5.79. The van der Waals surface area contributed by atoms with E-state index in [-0.39, 0.29) is 11.3 Å². The van der Waals surface area contributed by atoms with Crippen LogP contribution in [0.5, 0.6) is 0 Å². The van der Waals surface area contributed by atoms with Gasteiger partial charge in [-0.2, -0.15) is 0 Å². The number of benzene rings is 1. The maximum atomic E-state index is 12.8. The van der Waals surface area contributed by atoms with E-state index in [2.05, 4.69) is 11.8 Å². The van der Waals surface area contributed by atoms with Gasteiger partial charge >= 0.3 is 0 Å². The van der Waals surface area contributed by atoms with E-state index in [4.69, 9.17) is 29.2 Å². The highest BCUT2D eigenvalue weighted by atomic mass is 35.5. The molecule has 0 aromatic heterocycles. The number of sulfone groups is 1. The minimum atomic E-state index is -3.68. The van der Waals surface area contributed by atoms with Crippen molar-refractivity contribution in [1.82, 2.24) is 0 Å². The highest BCUT2D eigenvalue weighted by molar-refractivity contribution is 7.92. The summed E-state index contributed by atoms with van der Waals surface area (Å²) in [6.07, 6.45) is 11.1. The summed E-state index contributed by atoms with van der Waals surface area (Å²) in [5, 5.41) is -0.443. The van der Waals surface area contributed by atoms with Crippen molar-refractivity contribution in [1.29, 1.82) is 0 Å². The maximum Gasteiger partial charge on any atom is 0.185 e. The molecule has 0 unspecified atom stereocenters. The molecule has 1 aromatic carbocycles. The molecule has 0 saturated carbocycles. The topological polar surface area (TPSA) is 43.4 Å². The monoisotopic (exact) mass is 322 g/mol. The van der Waals surface area contributed by atoms with Crippen LogP contribution >= 0.6 is 11.6 Å². The Morgan fingerprint density at radius 3 is 2.29 bits per heavy atom. The second-order valence-corrected chi connectivity index (χ2v) is 7.99. The molecule has 1 fully saturated rings. The smallest absolute Gasteiger partial charge is 0.185 e. The molecule has 21 heavy (non-hydrogen) atoms. The quantitative estimate of drug-likeness (QED) is 0.786. The van der Waals surface area contributed by atoms with Gasteiger partial charge in [0.25, 0.3) is 0 Å². The van der Waals surface area contributed by atoms with E-state index in [9.17, 15) is 8.42 Å². The van der Waals surface area contributed by atoms with Gasteiger partial charge in [0.1, 0.15) is 16.5 Å². The molecule has 0 amide bonds. The van der Waals surface area contributed by atoms with Crippen molar-refractivity contribution in [3.63, 3.8) is 0 Å². The molecule has 1 heterocycles. The predicted molar refractivity (Wildman–Crippen MR) is 82.6 cm³/mol. The molecule has 0 radical (unpaired) electrons. The Labute approximate surface area is 130 Å². The van der Waals surface area contributed by atoms with Crippen LogP contribution in [0.25, 0.3) is 0 Å². The van der Waals surface area contributed by atoms with Crippen LogP contribution in [0.2, 0.25) is 5.02 Å². The highest BCUT2D eigenvalue weighted by Crippen LogP contribution is 2.43. The Balaban J connectivity index is 2.52. The first-order chi connectivity index (χ1) is 9.67. The van der Waals surface area contributed by atoms with Crippen LogP contribution in [0.4, 0.5) is 0 Å². The van der Waals surface area contributed by atoms with Gasteiger partial charge in [0.15, 0.2) is 9.84 Å². The molecule has 3 atom stereocenters. The van der Waals surface area contributed by atoms with Gasteiger partial charge in [-0.25, -0.2) is 8.42 Å². The van der Waals surface area contributed by atoms with Crippen molar-refractivity contribution < 1.29 is 13.2 Å². The lowest BCUT2D eigenvalue weighted by Crippen LogP contribution is -2.40. The molecule has 3 nitrogen and oxygen atoms in total. The third-order valence-electron chi connectivity index (χ3n) is 3.74. The van der Waals surface area contributed by atoms with Gasteiger partial charge in [-0.1, -0.05) is 23.4 Å². The zero-order valence-electron chi connectivity index (χ0n) is 11.8. The van der Waals surface area contributed by atoms with Gasteiger partial charge in [0.2, 0.25) is 0 Å². The molecule has 1 aliphatic rings. The fourth-order valence-electron chi connectivity index (χ4n) is 2.53. The van der Waals surface area contributed by atoms with Crippen molar-refractivity contribution in [2.24, 2.45) is 0 Å². The summed E-state index contributed by atoms with van der Waals surface area (Å²) in [5.41, 5.74) is -2.26. The van der Waals surface area contributed by atoms with Crippen molar-refractivity contribution >= 4 is 21.4 Å². The van der Waals surface area contributed by atoms with Crippen LogP contribution in [-0.2, 0) is 14.6 Å². The van der Waals surface area contributed by atoms with Gasteiger partial charge in [-0.3, -0.25) is 0 Å². The SMILES string of the molecule is C#C[C@@]1(C)C[C@@H](S(=O)(=O)c2ccc(Cl)cc2)[C@@](C)(C#C)O1. The van der Waals surface area contributed by atoms with E-state index < -0.39 is 26.3 Å². The summed E-state index contributed by atoms with van der Waals surface area (Å²) in [7, 11) is -3.68. The number of hydrogen-bond donors (Lipinski definition) is 0. The van der Waals surface area contributed by atoms with Crippen LogP contribution in [-0.4, -0.2) is 24.9 Å². The Morgan fingerprint density at radius 1 is 1.24 bits per heavy atom. The first kappa shape index (κ1) is 15.9. The Kier molecular flexibility index (Phi) is 3.84. The molecule has 2 rings (SSSR count). The lowest BCUT2D eigenvalue weighted by molar-refractivity contribution is -0.0182. The van der Waals surface area contributed by atoms with E-state index in [0.29, 0.717) is 5.02 Å². The summed E-state index contributed by atoms with van der Waals surface area (Å²) in [6.45, 7) is 3.24. The van der Waals surface area contributed by atoms with E-state index in [1.165, 1.54) is 24.3 Å². The molecule has 0 N–H and O–H groups in total. The molecule has 1 aliphatic heterocycles. The number of rotatable bonds is 2. The van der Waals surface area contributed by atoms with Gasteiger partial charge < -0.3 is 4.74 Å². The zero-order chi connectivity index (χ0) is 15.9. The summed E-state index contributed by atoms with van der Waals surface area (Å²) in [5.74, 6) is 4.93. The number of ether oxygens (including phenoxy) is 1. The molecule has 110 valence electrons. The van der Waals surface area contributed by atoms with Crippen LogP contribution in [0, 0.1) is 24.7 Å². The fourth-order valence-corrected chi connectivity index (χ4v) is 4.74. The lowest BCUT2D eigenvalue weighted by atomic mass is 9.98. The number of hydrogen-bond acceptors (Lipinski definition) is 3. The average Bonchev–Trinajstić information content (AvgIpc) is 2.73. The Bertz CT molecular complexity index is 739. The van der Waals surface area contributed by atoms with Gasteiger partial charge in [0.05, 0.1) is 4.90 Å². The Hall–Kier alpha value is -1.46. The largest absolute Gasteiger partial charge is 0.342 e. The van der Waals surface area contributed by atoms with Crippen LogP contribution in [0.15, 0.2) is 29.2 Å². The zero-order valence-corrected chi connectivity index (χ0v) is 13.3. The normalized spacial score (nSPS) is 32.3. The number of terminal acetylenes is 2. The van der Waals surface area contributed by atoms with Gasteiger partial charge in [-0.05, 0) is 38.1 Å². The van der Waals surface area contributed by atoms with Crippen LogP contribution in [0.3, 0.4) is 0 Å². The molecular formula is C16H15ClO3S.